The molecule has 15 heteroatoms. The molecule has 0 radical (unpaired) electrons. The minimum atomic E-state index is -5.21. The summed E-state index contributed by atoms with van der Waals surface area (Å²) < 4.78 is 93.1. The van der Waals surface area contributed by atoms with Crippen molar-refractivity contribution in [2.24, 2.45) is 0 Å². The molecule has 4 aliphatic rings. The number of pyridine rings is 2. The Kier molecular flexibility index (Phi) is 6.70. The van der Waals surface area contributed by atoms with Gasteiger partial charge in [-0.1, -0.05) is 6.08 Å². The van der Waals surface area contributed by atoms with Gasteiger partial charge in [-0.2, -0.15) is 23.1 Å². The van der Waals surface area contributed by atoms with Crippen LogP contribution in [0.3, 0.4) is 0 Å². The molecule has 3 aromatic heterocycles. The molecular formula is C29H30F6N8O. The van der Waals surface area contributed by atoms with Crippen molar-refractivity contribution in [1.29, 1.82) is 0 Å². The molecule has 3 N–H and O–H groups in total. The number of ether oxygens (including phenoxy) is 1. The van der Waals surface area contributed by atoms with Crippen molar-refractivity contribution in [2.75, 3.05) is 43.4 Å². The normalized spacial score (nSPS) is 28.5. The van der Waals surface area contributed by atoms with E-state index in [1.54, 1.807) is 0 Å². The lowest BCUT2D eigenvalue weighted by atomic mass is 9.95. The molecule has 7 heterocycles. The zero-order chi connectivity index (χ0) is 31.0. The third-order valence-electron chi connectivity index (χ3n) is 9.41. The highest BCUT2D eigenvalue weighted by molar-refractivity contribution is 5.92. The van der Waals surface area contributed by atoms with Crippen molar-refractivity contribution in [1.82, 2.24) is 30.2 Å². The van der Waals surface area contributed by atoms with Gasteiger partial charge in [-0.3, -0.25) is 9.88 Å². The van der Waals surface area contributed by atoms with Crippen LogP contribution < -0.4 is 20.7 Å². The van der Waals surface area contributed by atoms with Gasteiger partial charge in [0.15, 0.2) is 5.82 Å². The smallest absolute Gasteiger partial charge is 0.421 e. The van der Waals surface area contributed by atoms with Crippen LogP contribution in [0.25, 0.3) is 22.3 Å². The number of rotatable bonds is 6. The highest BCUT2D eigenvalue weighted by atomic mass is 19.4. The Labute approximate surface area is 248 Å². The second kappa shape index (κ2) is 10.2. The van der Waals surface area contributed by atoms with E-state index in [1.807, 2.05) is 15.9 Å². The fourth-order valence-corrected chi connectivity index (χ4v) is 7.42. The Morgan fingerprint density at radius 2 is 1.98 bits per heavy atom. The van der Waals surface area contributed by atoms with Gasteiger partial charge in [0.05, 0.1) is 16.5 Å². The number of hydrogen-bond donors (Lipinski definition) is 2. The Balaban J connectivity index is 1.36. The van der Waals surface area contributed by atoms with Gasteiger partial charge in [-0.25, -0.2) is 18.2 Å². The first-order chi connectivity index (χ1) is 20.9. The number of nitrogen functional groups attached to an aromatic ring is 1. The van der Waals surface area contributed by atoms with Crippen LogP contribution in [-0.4, -0.2) is 80.9 Å². The Bertz CT molecular complexity index is 1650. The summed E-state index contributed by atoms with van der Waals surface area (Å²) in [5, 5.41) is 3.68. The molecule has 4 unspecified atom stereocenters. The van der Waals surface area contributed by atoms with Crippen LogP contribution in [0.15, 0.2) is 24.9 Å². The SMILES string of the molecule is C=CC12CCC(CN(c3nc(OCC45CCCN4CC(F)C5)nc4c(F)c(-c5nc(N)cc(F)c5C(F)(F)F)ncc34)C1)N2. The van der Waals surface area contributed by atoms with Crippen LogP contribution in [0.4, 0.5) is 38.0 Å². The highest BCUT2D eigenvalue weighted by Gasteiger charge is 2.50. The van der Waals surface area contributed by atoms with Crippen LogP contribution in [-0.2, 0) is 6.18 Å². The summed E-state index contributed by atoms with van der Waals surface area (Å²) in [6.07, 6.45) is 0.347. The summed E-state index contributed by atoms with van der Waals surface area (Å²) in [4.78, 5) is 20.5. The monoisotopic (exact) mass is 620 g/mol. The molecule has 0 spiro atoms. The van der Waals surface area contributed by atoms with Gasteiger partial charge in [0.1, 0.15) is 52.7 Å². The zero-order valence-electron chi connectivity index (χ0n) is 23.6. The van der Waals surface area contributed by atoms with Gasteiger partial charge in [-0.05, 0) is 32.2 Å². The lowest BCUT2D eigenvalue weighted by Gasteiger charge is -2.40. The van der Waals surface area contributed by atoms with Gasteiger partial charge in [-0.15, -0.1) is 6.58 Å². The lowest BCUT2D eigenvalue weighted by Crippen LogP contribution is -2.58. The molecule has 0 saturated carbocycles. The van der Waals surface area contributed by atoms with Gasteiger partial charge in [0.25, 0.3) is 0 Å². The summed E-state index contributed by atoms with van der Waals surface area (Å²) in [7, 11) is 0. The summed E-state index contributed by atoms with van der Waals surface area (Å²) in [5.74, 6) is -3.27. The van der Waals surface area contributed by atoms with E-state index in [2.05, 4.69) is 31.8 Å². The molecule has 4 atom stereocenters. The van der Waals surface area contributed by atoms with Crippen molar-refractivity contribution >= 4 is 22.5 Å². The third kappa shape index (κ3) is 4.71. The molecule has 0 aliphatic carbocycles. The Morgan fingerprint density at radius 3 is 2.75 bits per heavy atom. The van der Waals surface area contributed by atoms with Crippen LogP contribution >= 0.6 is 0 Å². The third-order valence-corrected chi connectivity index (χ3v) is 9.41. The molecule has 234 valence electrons. The van der Waals surface area contributed by atoms with E-state index in [1.165, 1.54) is 0 Å². The summed E-state index contributed by atoms with van der Waals surface area (Å²) >= 11 is 0. The largest absolute Gasteiger partial charge is 0.461 e. The van der Waals surface area contributed by atoms with Crippen LogP contribution in [0.2, 0.25) is 0 Å². The number of hydrogen-bond acceptors (Lipinski definition) is 9. The average molecular weight is 621 g/mol. The maximum Gasteiger partial charge on any atom is 0.421 e. The van der Waals surface area contributed by atoms with E-state index in [4.69, 9.17) is 10.5 Å². The first-order valence-electron chi connectivity index (χ1n) is 14.5. The number of aromatic nitrogens is 4. The number of alkyl halides is 4. The zero-order valence-corrected chi connectivity index (χ0v) is 23.6. The molecule has 9 nitrogen and oxygen atoms in total. The quantitative estimate of drug-likeness (QED) is 0.306. The van der Waals surface area contributed by atoms with E-state index in [9.17, 15) is 22.0 Å². The first kappa shape index (κ1) is 29.0. The van der Waals surface area contributed by atoms with Crippen LogP contribution in [0.1, 0.15) is 37.7 Å². The van der Waals surface area contributed by atoms with Crippen molar-refractivity contribution in [3.05, 3.63) is 42.1 Å². The van der Waals surface area contributed by atoms with Crippen molar-refractivity contribution in [3.8, 4) is 17.4 Å². The number of halogens is 6. The highest BCUT2D eigenvalue weighted by Crippen LogP contribution is 2.43. The maximum absolute atomic E-state index is 16.3. The molecule has 7 rings (SSSR count). The Morgan fingerprint density at radius 1 is 1.16 bits per heavy atom. The molecule has 3 aromatic rings. The average Bonchev–Trinajstić information content (AvgIpc) is 3.59. The van der Waals surface area contributed by atoms with E-state index in [-0.39, 0.29) is 41.8 Å². The number of fused-ring (bicyclic) bond motifs is 4. The van der Waals surface area contributed by atoms with E-state index in [0.717, 1.165) is 32.0 Å². The van der Waals surface area contributed by atoms with Gasteiger partial charge in [0.2, 0.25) is 0 Å². The minimum absolute atomic E-state index is 0.0545. The predicted molar refractivity (Wildman–Crippen MR) is 150 cm³/mol. The topological polar surface area (TPSA) is 105 Å². The summed E-state index contributed by atoms with van der Waals surface area (Å²) in [6.45, 7) is 6.00. The predicted octanol–water partition coefficient (Wildman–Crippen LogP) is 4.42. The first-order valence-corrected chi connectivity index (χ1v) is 14.5. The summed E-state index contributed by atoms with van der Waals surface area (Å²) in [5.41, 5.74) is 0.464. The van der Waals surface area contributed by atoms with Crippen molar-refractivity contribution in [2.45, 2.75) is 61.6 Å². The molecule has 4 aliphatic heterocycles. The second-order valence-electron chi connectivity index (χ2n) is 12.2. The maximum atomic E-state index is 16.3. The molecule has 4 fully saturated rings. The number of nitrogens with one attached hydrogen (secondary N) is 1. The lowest BCUT2D eigenvalue weighted by molar-refractivity contribution is -0.139. The minimum Gasteiger partial charge on any atom is -0.461 e. The van der Waals surface area contributed by atoms with Gasteiger partial charge < -0.3 is 20.7 Å². The number of anilines is 2. The fraction of sp³-hybridized carbons (Fsp3) is 0.517. The van der Waals surface area contributed by atoms with E-state index >= 15 is 4.39 Å². The molecule has 2 bridgehead atoms. The van der Waals surface area contributed by atoms with Crippen molar-refractivity contribution in [3.63, 3.8) is 0 Å². The molecule has 0 amide bonds. The van der Waals surface area contributed by atoms with E-state index < -0.39 is 57.8 Å². The van der Waals surface area contributed by atoms with Gasteiger partial charge in [0, 0.05) is 44.4 Å². The Hall–Kier alpha value is -3.72. The molecule has 0 aromatic carbocycles. The second-order valence-corrected chi connectivity index (χ2v) is 12.2. The molecule has 4 saturated heterocycles. The van der Waals surface area contributed by atoms with E-state index in [0.29, 0.717) is 32.1 Å². The van der Waals surface area contributed by atoms with Crippen molar-refractivity contribution < 1.29 is 31.1 Å². The number of nitrogens with two attached hydrogens (primary N) is 1. The van der Waals surface area contributed by atoms with Crippen LogP contribution in [0, 0.1) is 11.6 Å². The number of nitrogens with zero attached hydrogens (tertiary/aromatic N) is 6. The fourth-order valence-electron chi connectivity index (χ4n) is 7.42. The standard InChI is InChI=1S/C29H30F6N8O/c1-2-27-6-4-16(41-27)12-42(13-27)25-17-10-37-24(23-20(29(33,34)35)18(31)8-19(36)38-23)21(32)22(17)39-26(40-25)44-14-28-5-3-7-43(28)11-15(30)9-28/h2,8,10,15-16,41H,1,3-7,9,11-14H2,(H2,36,38). The molecular weight excluding hydrogens is 590 g/mol. The number of piperazine rings is 1. The summed E-state index contributed by atoms with van der Waals surface area (Å²) in [6, 6.07) is 0.295. The van der Waals surface area contributed by atoms with Crippen LogP contribution in [0.5, 0.6) is 6.01 Å². The molecule has 44 heavy (non-hydrogen) atoms. The van der Waals surface area contributed by atoms with Gasteiger partial charge >= 0.3 is 12.2 Å².